The quantitative estimate of drug-likeness (QED) is 0.220. The van der Waals surface area contributed by atoms with Crippen molar-refractivity contribution in [3.8, 4) is 0 Å². The van der Waals surface area contributed by atoms with Gasteiger partial charge in [-0.25, -0.2) is 0 Å². The van der Waals surface area contributed by atoms with Gasteiger partial charge >= 0.3 is 0 Å². The monoisotopic (exact) mass is 242 g/mol. The summed E-state index contributed by atoms with van der Waals surface area (Å²) in [7, 11) is 0. The molecular weight excluding hydrogens is 224 g/mol. The largest absolute Gasteiger partial charge is 0.394 e. The Morgan fingerprint density at radius 2 is 0.750 bits per heavy atom. The van der Waals surface area contributed by atoms with E-state index in [0.29, 0.717) is 0 Å². The van der Waals surface area contributed by atoms with Crippen molar-refractivity contribution >= 4 is 0 Å². The van der Waals surface area contributed by atoms with E-state index < -0.39 is 49.8 Å². The fraction of sp³-hybridized carbons (Fsp3) is 1.00. The number of rotatable bonds is 7. The Bertz CT molecular complexity index is 169. The molecule has 0 saturated heterocycles. The number of aliphatic hydroxyl groups is 8. The molecule has 0 aliphatic heterocycles. The van der Waals surface area contributed by atoms with Gasteiger partial charge in [0.2, 0.25) is 0 Å². The molecule has 0 fully saturated rings. The molecule has 0 heterocycles. The maximum absolute atomic E-state index is 9.28. The van der Waals surface area contributed by atoms with Gasteiger partial charge in [0.1, 0.15) is 36.6 Å². The second-order valence-electron chi connectivity index (χ2n) is 3.46. The van der Waals surface area contributed by atoms with E-state index in [1.54, 1.807) is 0 Å². The molecule has 8 nitrogen and oxygen atoms in total. The minimum atomic E-state index is -1.97. The van der Waals surface area contributed by atoms with Crippen LogP contribution in [0.25, 0.3) is 0 Å². The minimum Gasteiger partial charge on any atom is -0.394 e. The molecule has 8 heteroatoms. The van der Waals surface area contributed by atoms with Crippen molar-refractivity contribution < 1.29 is 40.9 Å². The van der Waals surface area contributed by atoms with Crippen molar-refractivity contribution in [2.24, 2.45) is 0 Å². The Kier molecular flexibility index (Phi) is 6.95. The highest BCUT2D eigenvalue weighted by Crippen LogP contribution is 2.10. The van der Waals surface area contributed by atoms with Crippen molar-refractivity contribution in [3.05, 3.63) is 0 Å². The molecule has 98 valence electrons. The van der Waals surface area contributed by atoms with E-state index in [1.165, 1.54) is 0 Å². The van der Waals surface area contributed by atoms with Gasteiger partial charge in [-0.05, 0) is 0 Å². The molecule has 0 aromatic rings. The van der Waals surface area contributed by atoms with E-state index in [1.807, 2.05) is 0 Å². The van der Waals surface area contributed by atoms with Crippen LogP contribution in [0.2, 0.25) is 0 Å². The van der Waals surface area contributed by atoms with Gasteiger partial charge in [-0.3, -0.25) is 0 Å². The van der Waals surface area contributed by atoms with Gasteiger partial charge in [0.05, 0.1) is 13.2 Å². The summed E-state index contributed by atoms with van der Waals surface area (Å²) < 4.78 is 0. The van der Waals surface area contributed by atoms with Gasteiger partial charge in [-0.15, -0.1) is 0 Å². The summed E-state index contributed by atoms with van der Waals surface area (Å²) in [5, 5.41) is 71.8. The van der Waals surface area contributed by atoms with Gasteiger partial charge in [0.15, 0.2) is 0 Å². The summed E-state index contributed by atoms with van der Waals surface area (Å²) in [6, 6.07) is 0. The van der Waals surface area contributed by atoms with E-state index >= 15 is 0 Å². The topological polar surface area (TPSA) is 162 Å². The van der Waals surface area contributed by atoms with Crippen molar-refractivity contribution in [3.63, 3.8) is 0 Å². The first-order valence-electron chi connectivity index (χ1n) is 4.66. The highest BCUT2D eigenvalue weighted by Gasteiger charge is 2.36. The summed E-state index contributed by atoms with van der Waals surface area (Å²) >= 11 is 0. The molecule has 0 aliphatic carbocycles. The zero-order chi connectivity index (χ0) is 12.9. The van der Waals surface area contributed by atoms with Crippen molar-refractivity contribution in [1.29, 1.82) is 0 Å². The molecule has 0 saturated carbocycles. The highest BCUT2D eigenvalue weighted by atomic mass is 16.4. The molecule has 6 atom stereocenters. The molecule has 0 amide bonds. The van der Waals surface area contributed by atoms with Crippen LogP contribution in [0.1, 0.15) is 0 Å². The van der Waals surface area contributed by atoms with Gasteiger partial charge in [-0.2, -0.15) is 0 Å². The molecular formula is C8H18O8. The van der Waals surface area contributed by atoms with Crippen LogP contribution in [-0.4, -0.2) is 90.7 Å². The average Bonchev–Trinajstić information content (AvgIpc) is 2.32. The number of hydrogen-bond acceptors (Lipinski definition) is 8. The Labute approximate surface area is 91.6 Å². The van der Waals surface area contributed by atoms with Gasteiger partial charge in [-0.1, -0.05) is 0 Å². The van der Waals surface area contributed by atoms with Crippen LogP contribution in [-0.2, 0) is 0 Å². The summed E-state index contributed by atoms with van der Waals surface area (Å²) in [5.74, 6) is 0. The maximum Gasteiger partial charge on any atom is 0.111 e. The van der Waals surface area contributed by atoms with Crippen molar-refractivity contribution in [2.45, 2.75) is 36.6 Å². The zero-order valence-electron chi connectivity index (χ0n) is 8.46. The Morgan fingerprint density at radius 1 is 0.500 bits per heavy atom. The third-order valence-corrected chi connectivity index (χ3v) is 2.21. The van der Waals surface area contributed by atoms with Crippen LogP contribution in [0, 0.1) is 0 Å². The lowest BCUT2D eigenvalue weighted by atomic mass is 9.97. The lowest BCUT2D eigenvalue weighted by Gasteiger charge is -2.29. The summed E-state index contributed by atoms with van der Waals surface area (Å²) in [5.41, 5.74) is 0. The lowest BCUT2D eigenvalue weighted by molar-refractivity contribution is -0.161. The Morgan fingerprint density at radius 3 is 0.938 bits per heavy atom. The molecule has 8 N–H and O–H groups in total. The molecule has 0 bridgehead atoms. The molecule has 0 aromatic carbocycles. The Balaban J connectivity index is 4.41. The maximum atomic E-state index is 9.28. The van der Waals surface area contributed by atoms with E-state index in [9.17, 15) is 20.4 Å². The molecule has 16 heavy (non-hydrogen) atoms. The molecule has 0 aromatic heterocycles. The minimum absolute atomic E-state index is 0.844. The molecule has 0 spiro atoms. The van der Waals surface area contributed by atoms with Crippen LogP contribution in [0.4, 0.5) is 0 Å². The summed E-state index contributed by atoms with van der Waals surface area (Å²) in [6.45, 7) is -1.69. The first-order chi connectivity index (χ1) is 7.36. The van der Waals surface area contributed by atoms with E-state index in [2.05, 4.69) is 0 Å². The first kappa shape index (κ1) is 15.7. The molecule has 0 rings (SSSR count). The normalized spacial score (nSPS) is 23.2. The average molecular weight is 242 g/mol. The predicted octanol–water partition coefficient (Wildman–Crippen LogP) is -4.86. The van der Waals surface area contributed by atoms with Crippen LogP contribution < -0.4 is 0 Å². The van der Waals surface area contributed by atoms with Crippen LogP contribution in [0.15, 0.2) is 0 Å². The standard InChI is InChI=1S/C8H18O8/c9-1-3(11)5(13)7(15)8(16)6(14)4(12)2-10/h3-16H,1-2H2/t3-,4-,5+,6+,7+,8+/m0/s1. The zero-order valence-corrected chi connectivity index (χ0v) is 8.46. The van der Waals surface area contributed by atoms with E-state index in [4.69, 9.17) is 20.4 Å². The fourth-order valence-electron chi connectivity index (χ4n) is 1.08. The van der Waals surface area contributed by atoms with Crippen molar-refractivity contribution in [2.75, 3.05) is 13.2 Å². The van der Waals surface area contributed by atoms with Gasteiger partial charge < -0.3 is 40.9 Å². The van der Waals surface area contributed by atoms with E-state index in [0.717, 1.165) is 0 Å². The van der Waals surface area contributed by atoms with Crippen LogP contribution in [0.3, 0.4) is 0 Å². The number of hydrogen-bond donors (Lipinski definition) is 8. The lowest BCUT2D eigenvalue weighted by Crippen LogP contribution is -2.53. The summed E-state index contributed by atoms with van der Waals surface area (Å²) in [6.07, 6.45) is -11.1. The molecule has 0 aliphatic rings. The summed E-state index contributed by atoms with van der Waals surface area (Å²) in [4.78, 5) is 0. The van der Waals surface area contributed by atoms with Crippen LogP contribution >= 0.6 is 0 Å². The van der Waals surface area contributed by atoms with Crippen molar-refractivity contribution in [1.82, 2.24) is 0 Å². The third-order valence-electron chi connectivity index (χ3n) is 2.21. The molecule has 0 radical (unpaired) electrons. The smallest absolute Gasteiger partial charge is 0.111 e. The SMILES string of the molecule is OC[C@H](O)[C@@H](O)[C@@H](O)[C@H](O)[C@H](O)[C@@H](O)CO. The first-order valence-corrected chi connectivity index (χ1v) is 4.66. The fourth-order valence-corrected chi connectivity index (χ4v) is 1.08. The Hall–Kier alpha value is -0.320. The second-order valence-corrected chi connectivity index (χ2v) is 3.46. The van der Waals surface area contributed by atoms with Crippen LogP contribution in [0.5, 0.6) is 0 Å². The van der Waals surface area contributed by atoms with Gasteiger partial charge in [0, 0.05) is 0 Å². The highest BCUT2D eigenvalue weighted by molar-refractivity contribution is 4.87. The van der Waals surface area contributed by atoms with E-state index in [-0.39, 0.29) is 0 Å². The number of aliphatic hydroxyl groups excluding tert-OH is 8. The molecule has 0 unspecified atom stereocenters. The second kappa shape index (κ2) is 7.09. The van der Waals surface area contributed by atoms with Gasteiger partial charge in [0.25, 0.3) is 0 Å². The third kappa shape index (κ3) is 3.92. The predicted molar refractivity (Wildman–Crippen MR) is 50.2 cm³/mol.